The van der Waals surface area contributed by atoms with Gasteiger partial charge in [0.2, 0.25) is 0 Å². The number of hydrogen-bond donors (Lipinski definition) is 0. The minimum absolute atomic E-state index is 0.492. The van der Waals surface area contributed by atoms with Crippen LogP contribution in [0.3, 0.4) is 0 Å². The molecule has 0 radical (unpaired) electrons. The Balaban J connectivity index is 2.29. The Morgan fingerprint density at radius 1 is 1.17 bits per heavy atom. The Labute approximate surface area is 113 Å². The molecule has 3 aromatic rings. The van der Waals surface area contributed by atoms with Crippen LogP contribution in [0.5, 0.6) is 5.75 Å². The van der Waals surface area contributed by atoms with E-state index >= 15 is 0 Å². The summed E-state index contributed by atoms with van der Waals surface area (Å²) in [6, 6.07) is 7.86. The summed E-state index contributed by atoms with van der Waals surface area (Å²) in [6.07, 6.45) is 1.48. The number of fused-ring (bicyclic) bond motifs is 1. The van der Waals surface area contributed by atoms with E-state index in [0.29, 0.717) is 5.15 Å². The van der Waals surface area contributed by atoms with E-state index in [1.807, 2.05) is 29.6 Å². The number of ether oxygens (including phenoxy) is 1. The molecule has 0 atom stereocenters. The molecule has 0 fully saturated rings. The van der Waals surface area contributed by atoms with Crippen molar-refractivity contribution in [3.8, 4) is 16.9 Å². The predicted molar refractivity (Wildman–Crippen MR) is 74.4 cm³/mol. The van der Waals surface area contributed by atoms with Crippen LogP contribution in [-0.4, -0.2) is 17.1 Å². The van der Waals surface area contributed by atoms with E-state index in [2.05, 4.69) is 9.97 Å². The maximum Gasteiger partial charge on any atom is 0.150 e. The van der Waals surface area contributed by atoms with Gasteiger partial charge in [-0.1, -0.05) is 29.8 Å². The molecule has 0 saturated heterocycles. The molecule has 5 heteroatoms. The molecule has 1 aromatic carbocycles. The van der Waals surface area contributed by atoms with Gasteiger partial charge in [0.25, 0.3) is 0 Å². The smallest absolute Gasteiger partial charge is 0.150 e. The molecule has 0 aliphatic heterocycles. The van der Waals surface area contributed by atoms with E-state index in [1.165, 1.54) is 6.33 Å². The molecule has 3 rings (SSSR count). The average Bonchev–Trinajstić information content (AvgIpc) is 2.84. The van der Waals surface area contributed by atoms with Crippen LogP contribution in [-0.2, 0) is 0 Å². The maximum atomic E-state index is 6.06. The summed E-state index contributed by atoms with van der Waals surface area (Å²) in [4.78, 5) is 8.30. The Morgan fingerprint density at radius 2 is 2.00 bits per heavy atom. The third-order valence-electron chi connectivity index (χ3n) is 2.71. The van der Waals surface area contributed by atoms with Crippen molar-refractivity contribution in [2.45, 2.75) is 0 Å². The number of methoxy groups -OCH3 is 1. The quantitative estimate of drug-likeness (QED) is 0.663. The molecule has 2 heterocycles. The second-order valence-corrected chi connectivity index (χ2v) is 4.93. The van der Waals surface area contributed by atoms with Gasteiger partial charge in [0, 0.05) is 16.5 Å². The van der Waals surface area contributed by atoms with Crippen LogP contribution >= 0.6 is 22.9 Å². The van der Waals surface area contributed by atoms with E-state index in [-0.39, 0.29) is 0 Å². The van der Waals surface area contributed by atoms with Crippen LogP contribution in [0.4, 0.5) is 0 Å². The molecule has 0 saturated carbocycles. The Kier molecular flexibility index (Phi) is 2.89. The molecule has 0 unspecified atom stereocenters. The van der Waals surface area contributed by atoms with Crippen LogP contribution in [0.25, 0.3) is 21.3 Å². The number of rotatable bonds is 2. The van der Waals surface area contributed by atoms with Crippen molar-refractivity contribution in [2.24, 2.45) is 0 Å². The van der Waals surface area contributed by atoms with Crippen molar-refractivity contribution in [1.82, 2.24) is 9.97 Å². The van der Waals surface area contributed by atoms with Crippen LogP contribution in [0, 0.1) is 0 Å². The highest BCUT2D eigenvalue weighted by molar-refractivity contribution is 7.18. The van der Waals surface area contributed by atoms with Crippen molar-refractivity contribution in [2.75, 3.05) is 7.11 Å². The number of benzene rings is 1. The lowest BCUT2D eigenvalue weighted by Gasteiger charge is -2.06. The highest BCUT2D eigenvalue weighted by Gasteiger charge is 2.13. The first kappa shape index (κ1) is 11.4. The van der Waals surface area contributed by atoms with E-state index in [0.717, 1.165) is 27.1 Å². The van der Waals surface area contributed by atoms with Crippen LogP contribution in [0.2, 0.25) is 5.15 Å². The first-order chi connectivity index (χ1) is 8.81. The third-order valence-corrected chi connectivity index (χ3v) is 4.08. The Bertz CT molecular complexity index is 711. The molecule has 2 aromatic heterocycles. The summed E-state index contributed by atoms with van der Waals surface area (Å²) >= 11 is 7.60. The fourth-order valence-electron chi connectivity index (χ4n) is 1.88. The number of thiophene rings is 1. The van der Waals surface area contributed by atoms with Gasteiger partial charge in [-0.2, -0.15) is 0 Å². The zero-order valence-corrected chi connectivity index (χ0v) is 11.1. The highest BCUT2D eigenvalue weighted by Crippen LogP contribution is 2.38. The molecule has 3 nitrogen and oxygen atoms in total. The Hall–Kier alpha value is -1.65. The van der Waals surface area contributed by atoms with Crippen molar-refractivity contribution in [3.05, 3.63) is 41.1 Å². The maximum absolute atomic E-state index is 6.06. The largest absolute Gasteiger partial charge is 0.496 e. The van der Waals surface area contributed by atoms with Crippen LogP contribution in [0.15, 0.2) is 36.0 Å². The zero-order valence-electron chi connectivity index (χ0n) is 9.55. The van der Waals surface area contributed by atoms with Crippen molar-refractivity contribution >= 4 is 33.2 Å². The first-order valence-corrected chi connectivity index (χ1v) is 6.58. The normalized spacial score (nSPS) is 10.8. The van der Waals surface area contributed by atoms with E-state index in [1.54, 1.807) is 18.4 Å². The van der Waals surface area contributed by atoms with Gasteiger partial charge in [-0.25, -0.2) is 9.97 Å². The lowest BCUT2D eigenvalue weighted by Crippen LogP contribution is -1.87. The van der Waals surface area contributed by atoms with Gasteiger partial charge < -0.3 is 4.74 Å². The number of aromatic nitrogens is 2. The molecule has 0 N–H and O–H groups in total. The lowest BCUT2D eigenvalue weighted by atomic mass is 10.1. The van der Waals surface area contributed by atoms with Gasteiger partial charge in [-0.3, -0.25) is 0 Å². The van der Waals surface area contributed by atoms with Crippen molar-refractivity contribution < 1.29 is 4.74 Å². The SMILES string of the molecule is COc1ccccc1-c1csc2c(Cl)ncnc12. The molecule has 0 bridgehead atoms. The average molecular weight is 277 g/mol. The van der Waals surface area contributed by atoms with Gasteiger partial charge in [0.15, 0.2) is 0 Å². The molecule has 0 aliphatic rings. The Morgan fingerprint density at radius 3 is 2.83 bits per heavy atom. The fourth-order valence-corrected chi connectivity index (χ4v) is 3.05. The summed E-state index contributed by atoms with van der Waals surface area (Å²) in [6.45, 7) is 0. The zero-order chi connectivity index (χ0) is 12.5. The second kappa shape index (κ2) is 4.55. The summed E-state index contributed by atoms with van der Waals surface area (Å²) in [5, 5.41) is 2.52. The summed E-state index contributed by atoms with van der Waals surface area (Å²) in [5.74, 6) is 0.826. The van der Waals surface area contributed by atoms with E-state index < -0.39 is 0 Å². The minimum atomic E-state index is 0.492. The summed E-state index contributed by atoms with van der Waals surface area (Å²) in [7, 11) is 1.66. The van der Waals surface area contributed by atoms with E-state index in [4.69, 9.17) is 16.3 Å². The molecular formula is C13H9ClN2OS. The first-order valence-electron chi connectivity index (χ1n) is 5.32. The molecule has 18 heavy (non-hydrogen) atoms. The number of hydrogen-bond acceptors (Lipinski definition) is 4. The number of para-hydroxylation sites is 1. The van der Waals surface area contributed by atoms with E-state index in [9.17, 15) is 0 Å². The number of nitrogens with zero attached hydrogens (tertiary/aromatic N) is 2. The minimum Gasteiger partial charge on any atom is -0.496 e. The van der Waals surface area contributed by atoms with Crippen molar-refractivity contribution in [3.63, 3.8) is 0 Å². The van der Waals surface area contributed by atoms with Crippen LogP contribution < -0.4 is 4.74 Å². The predicted octanol–water partition coefficient (Wildman–Crippen LogP) is 4.02. The van der Waals surface area contributed by atoms with Gasteiger partial charge in [0.05, 0.1) is 17.3 Å². The molecular weight excluding hydrogens is 268 g/mol. The summed E-state index contributed by atoms with van der Waals surface area (Å²) in [5.41, 5.74) is 2.90. The lowest BCUT2D eigenvalue weighted by molar-refractivity contribution is 0.416. The molecule has 0 spiro atoms. The van der Waals surface area contributed by atoms with Gasteiger partial charge in [-0.05, 0) is 6.07 Å². The third kappa shape index (κ3) is 1.74. The van der Waals surface area contributed by atoms with Gasteiger partial charge in [-0.15, -0.1) is 11.3 Å². The number of halogens is 1. The van der Waals surface area contributed by atoms with Crippen LogP contribution in [0.1, 0.15) is 0 Å². The molecule has 90 valence electrons. The standard InChI is InChI=1S/C13H9ClN2OS/c1-17-10-5-3-2-4-8(10)9-6-18-12-11(9)15-7-16-13(12)14/h2-7H,1H3. The molecule has 0 amide bonds. The van der Waals surface area contributed by atoms with Crippen molar-refractivity contribution in [1.29, 1.82) is 0 Å². The highest BCUT2D eigenvalue weighted by atomic mass is 35.5. The fraction of sp³-hybridized carbons (Fsp3) is 0.0769. The summed E-state index contributed by atoms with van der Waals surface area (Å²) < 4.78 is 6.28. The second-order valence-electron chi connectivity index (χ2n) is 3.69. The topological polar surface area (TPSA) is 35.0 Å². The molecule has 0 aliphatic carbocycles. The monoisotopic (exact) mass is 276 g/mol. The van der Waals surface area contributed by atoms with Gasteiger partial charge in [0.1, 0.15) is 17.2 Å². The van der Waals surface area contributed by atoms with Gasteiger partial charge >= 0.3 is 0 Å².